The van der Waals surface area contributed by atoms with Gasteiger partial charge in [0.2, 0.25) is 10.0 Å². The molecule has 1 aliphatic rings. The van der Waals surface area contributed by atoms with Gasteiger partial charge in [0, 0.05) is 36.6 Å². The number of sulfonamides is 1. The summed E-state index contributed by atoms with van der Waals surface area (Å²) in [5.74, 6) is 0.0675. The maximum Gasteiger partial charge on any atom is 0.255 e. The Kier molecular flexibility index (Phi) is 7.49. The van der Waals surface area contributed by atoms with Crippen molar-refractivity contribution in [2.45, 2.75) is 30.7 Å². The van der Waals surface area contributed by atoms with Crippen LogP contribution in [-0.2, 0) is 16.6 Å². The molecule has 1 saturated heterocycles. The number of amides is 1. The molecule has 3 aromatic carbocycles. The van der Waals surface area contributed by atoms with Crippen molar-refractivity contribution in [1.29, 1.82) is 0 Å². The van der Waals surface area contributed by atoms with E-state index in [1.54, 1.807) is 42.5 Å². The number of methoxy groups -OCH3 is 1. The maximum absolute atomic E-state index is 12.6. The van der Waals surface area contributed by atoms with Crippen LogP contribution in [0.3, 0.4) is 0 Å². The van der Waals surface area contributed by atoms with Crippen molar-refractivity contribution in [3.8, 4) is 5.75 Å². The molecular formula is C26H29N3O4S. The standard InChI is InChI=1S/C26H29N3O4S/c1-33-24-7-3-4-8-25(24)34(31,32)27-19-20-9-11-21(12-10-20)26(30)28-22-13-15-23(16-14-22)29-17-5-2-6-18-29/h3-4,7-16,27H,2,5-6,17-19H2,1H3,(H,28,30). The average molecular weight is 480 g/mol. The zero-order valence-corrected chi connectivity index (χ0v) is 20.0. The zero-order valence-electron chi connectivity index (χ0n) is 19.2. The highest BCUT2D eigenvalue weighted by atomic mass is 32.2. The van der Waals surface area contributed by atoms with E-state index in [9.17, 15) is 13.2 Å². The van der Waals surface area contributed by atoms with E-state index in [4.69, 9.17) is 4.74 Å². The lowest BCUT2D eigenvalue weighted by Crippen LogP contribution is -2.29. The fourth-order valence-electron chi connectivity index (χ4n) is 3.98. The van der Waals surface area contributed by atoms with E-state index in [-0.39, 0.29) is 23.1 Å². The molecule has 2 N–H and O–H groups in total. The van der Waals surface area contributed by atoms with Gasteiger partial charge in [0.25, 0.3) is 5.91 Å². The highest BCUT2D eigenvalue weighted by Gasteiger charge is 2.18. The van der Waals surface area contributed by atoms with E-state index in [0.29, 0.717) is 5.56 Å². The Bertz CT molecular complexity index is 1220. The number of nitrogens with zero attached hydrogens (tertiary/aromatic N) is 1. The van der Waals surface area contributed by atoms with Crippen molar-refractivity contribution in [2.75, 3.05) is 30.4 Å². The third kappa shape index (κ3) is 5.76. The van der Waals surface area contributed by atoms with Crippen molar-refractivity contribution in [3.63, 3.8) is 0 Å². The minimum absolute atomic E-state index is 0.0832. The fourth-order valence-corrected chi connectivity index (χ4v) is 5.17. The van der Waals surface area contributed by atoms with Crippen LogP contribution >= 0.6 is 0 Å². The summed E-state index contributed by atoms with van der Waals surface area (Å²) in [5, 5.41) is 2.92. The number of hydrogen-bond donors (Lipinski definition) is 2. The molecule has 1 fully saturated rings. The van der Waals surface area contributed by atoms with Gasteiger partial charge in [0.15, 0.2) is 0 Å². The lowest BCUT2D eigenvalue weighted by molar-refractivity contribution is 0.102. The Labute approximate surface area is 200 Å². The molecule has 0 unspecified atom stereocenters. The summed E-state index contributed by atoms with van der Waals surface area (Å²) in [4.78, 5) is 15.1. The largest absolute Gasteiger partial charge is 0.495 e. The summed E-state index contributed by atoms with van der Waals surface area (Å²) in [6, 6.07) is 21.2. The van der Waals surface area contributed by atoms with Gasteiger partial charge in [-0.3, -0.25) is 4.79 Å². The Morgan fingerprint density at radius 2 is 1.59 bits per heavy atom. The average Bonchev–Trinajstić information content (AvgIpc) is 2.88. The molecule has 1 aliphatic heterocycles. The van der Waals surface area contributed by atoms with Crippen molar-refractivity contribution >= 4 is 27.3 Å². The second-order valence-corrected chi connectivity index (χ2v) is 9.96. The van der Waals surface area contributed by atoms with Gasteiger partial charge < -0.3 is 15.0 Å². The number of hydrogen-bond acceptors (Lipinski definition) is 5. The Morgan fingerprint density at radius 1 is 0.912 bits per heavy atom. The summed E-state index contributed by atoms with van der Waals surface area (Å²) in [6.07, 6.45) is 3.73. The number of carbonyl (C=O) groups is 1. The number of carbonyl (C=O) groups excluding carboxylic acids is 1. The molecule has 0 radical (unpaired) electrons. The predicted octanol–water partition coefficient (Wildman–Crippen LogP) is 4.42. The first-order valence-corrected chi connectivity index (χ1v) is 12.8. The van der Waals surface area contributed by atoms with E-state index in [2.05, 4.69) is 14.9 Å². The summed E-state index contributed by atoms with van der Waals surface area (Å²) in [7, 11) is -2.31. The van der Waals surface area contributed by atoms with Crippen LogP contribution in [0, 0.1) is 0 Å². The molecule has 178 valence electrons. The van der Waals surface area contributed by atoms with Gasteiger partial charge >= 0.3 is 0 Å². The second-order valence-electron chi connectivity index (χ2n) is 8.22. The van der Waals surface area contributed by atoms with E-state index in [1.165, 1.54) is 38.1 Å². The number of para-hydroxylation sites is 1. The van der Waals surface area contributed by atoms with Crippen LogP contribution in [0.4, 0.5) is 11.4 Å². The lowest BCUT2D eigenvalue weighted by atomic mass is 10.1. The molecule has 7 nitrogen and oxygen atoms in total. The van der Waals surface area contributed by atoms with Gasteiger partial charge in [-0.1, -0.05) is 24.3 Å². The molecule has 0 aliphatic carbocycles. The normalized spacial score (nSPS) is 14.0. The first kappa shape index (κ1) is 23.8. The number of benzene rings is 3. The van der Waals surface area contributed by atoms with Crippen LogP contribution in [0.1, 0.15) is 35.2 Å². The Balaban J connectivity index is 1.34. The van der Waals surface area contributed by atoms with E-state index in [1.807, 2.05) is 24.3 Å². The minimum Gasteiger partial charge on any atom is -0.495 e. The van der Waals surface area contributed by atoms with Crippen molar-refractivity contribution in [3.05, 3.63) is 83.9 Å². The monoisotopic (exact) mass is 479 g/mol. The molecular weight excluding hydrogens is 450 g/mol. The SMILES string of the molecule is COc1ccccc1S(=O)(=O)NCc1ccc(C(=O)Nc2ccc(N3CCCCC3)cc2)cc1. The van der Waals surface area contributed by atoms with Crippen molar-refractivity contribution in [1.82, 2.24) is 4.72 Å². The van der Waals surface area contributed by atoms with Gasteiger partial charge in [-0.25, -0.2) is 13.1 Å². The summed E-state index contributed by atoms with van der Waals surface area (Å²) in [6.45, 7) is 2.25. The van der Waals surface area contributed by atoms with E-state index < -0.39 is 10.0 Å². The van der Waals surface area contributed by atoms with Crippen molar-refractivity contribution in [2.24, 2.45) is 0 Å². The number of ether oxygens (including phenoxy) is 1. The highest BCUT2D eigenvalue weighted by Crippen LogP contribution is 2.23. The van der Waals surface area contributed by atoms with Gasteiger partial charge in [-0.15, -0.1) is 0 Å². The van der Waals surface area contributed by atoms with Crippen molar-refractivity contribution < 1.29 is 17.9 Å². The van der Waals surface area contributed by atoms with Crippen LogP contribution < -0.4 is 19.7 Å². The predicted molar refractivity (Wildman–Crippen MR) is 134 cm³/mol. The van der Waals surface area contributed by atoms with Gasteiger partial charge in [-0.05, 0) is 73.4 Å². The topological polar surface area (TPSA) is 87.7 Å². The quantitative estimate of drug-likeness (QED) is 0.500. The molecule has 1 heterocycles. The van der Waals surface area contributed by atoms with Gasteiger partial charge in [0.1, 0.15) is 10.6 Å². The summed E-state index contributed by atoms with van der Waals surface area (Å²) >= 11 is 0. The molecule has 4 rings (SSSR count). The molecule has 0 atom stereocenters. The van der Waals surface area contributed by atoms with E-state index in [0.717, 1.165) is 24.3 Å². The third-order valence-electron chi connectivity index (χ3n) is 5.89. The molecule has 0 spiro atoms. The molecule has 3 aromatic rings. The van der Waals surface area contributed by atoms with Crippen LogP contribution in [0.15, 0.2) is 77.7 Å². The number of rotatable bonds is 8. The van der Waals surface area contributed by atoms with Crippen LogP contribution in [0.25, 0.3) is 0 Å². The molecule has 8 heteroatoms. The zero-order chi connectivity index (χ0) is 24.0. The number of anilines is 2. The number of nitrogens with one attached hydrogen (secondary N) is 2. The van der Waals surface area contributed by atoms with E-state index >= 15 is 0 Å². The maximum atomic E-state index is 12.6. The lowest BCUT2D eigenvalue weighted by Gasteiger charge is -2.28. The number of piperidine rings is 1. The molecule has 0 aromatic heterocycles. The van der Waals surface area contributed by atoms with Gasteiger partial charge in [-0.2, -0.15) is 0 Å². The first-order valence-electron chi connectivity index (χ1n) is 11.3. The van der Waals surface area contributed by atoms with Crippen LogP contribution in [-0.4, -0.2) is 34.5 Å². The van der Waals surface area contributed by atoms with Crippen LogP contribution in [0.2, 0.25) is 0 Å². The Hall–Kier alpha value is -3.36. The molecule has 34 heavy (non-hydrogen) atoms. The third-order valence-corrected chi connectivity index (χ3v) is 7.33. The summed E-state index contributed by atoms with van der Waals surface area (Å²) in [5.41, 5.74) is 3.15. The summed E-state index contributed by atoms with van der Waals surface area (Å²) < 4.78 is 33.0. The Morgan fingerprint density at radius 3 is 2.26 bits per heavy atom. The first-order chi connectivity index (χ1) is 16.5. The minimum atomic E-state index is -3.74. The van der Waals surface area contributed by atoms with Gasteiger partial charge in [0.05, 0.1) is 7.11 Å². The molecule has 0 saturated carbocycles. The molecule has 0 bridgehead atoms. The fraction of sp³-hybridized carbons (Fsp3) is 0.269. The highest BCUT2D eigenvalue weighted by molar-refractivity contribution is 7.89. The van der Waals surface area contributed by atoms with Crippen LogP contribution in [0.5, 0.6) is 5.75 Å². The second kappa shape index (κ2) is 10.7. The molecule has 1 amide bonds. The smallest absolute Gasteiger partial charge is 0.255 e.